The third-order valence-electron chi connectivity index (χ3n) is 2.10. The fraction of sp³-hybridized carbons (Fsp3) is 0.273. The smallest absolute Gasteiger partial charge is 0.358 e. The van der Waals surface area contributed by atoms with Gasteiger partial charge in [-0.3, -0.25) is 0 Å². The molecule has 0 aliphatic heterocycles. The Kier molecular flexibility index (Phi) is 3.36. The molecule has 16 heavy (non-hydrogen) atoms. The van der Waals surface area contributed by atoms with Crippen molar-refractivity contribution in [1.82, 2.24) is 4.98 Å². The summed E-state index contributed by atoms with van der Waals surface area (Å²) < 4.78 is 4.97. The fourth-order valence-corrected chi connectivity index (χ4v) is 3.29. The summed E-state index contributed by atoms with van der Waals surface area (Å²) >= 11 is 3.09. The lowest BCUT2D eigenvalue weighted by molar-refractivity contribution is 0.0521. The van der Waals surface area contributed by atoms with E-state index in [0.717, 1.165) is 9.75 Å². The number of hydrogen-bond donors (Lipinski definition) is 0. The lowest BCUT2D eigenvalue weighted by atomic mass is 10.2. The number of rotatable bonds is 3. The maximum absolute atomic E-state index is 11.7. The van der Waals surface area contributed by atoms with E-state index in [0.29, 0.717) is 12.3 Å². The average molecular weight is 253 g/mol. The van der Waals surface area contributed by atoms with Crippen molar-refractivity contribution in [3.63, 3.8) is 0 Å². The summed E-state index contributed by atoms with van der Waals surface area (Å²) in [6, 6.07) is 2.04. The predicted molar refractivity (Wildman–Crippen MR) is 66.1 cm³/mol. The van der Waals surface area contributed by atoms with Crippen LogP contribution in [-0.2, 0) is 4.74 Å². The van der Waals surface area contributed by atoms with Crippen molar-refractivity contribution < 1.29 is 9.53 Å². The summed E-state index contributed by atoms with van der Waals surface area (Å²) in [6.07, 6.45) is 0. The predicted octanol–water partition coefficient (Wildman–Crippen LogP) is 3.36. The molecule has 0 aliphatic carbocycles. The highest BCUT2D eigenvalue weighted by atomic mass is 32.1. The van der Waals surface area contributed by atoms with Crippen molar-refractivity contribution in [2.45, 2.75) is 13.8 Å². The minimum absolute atomic E-state index is 0.341. The van der Waals surface area contributed by atoms with Gasteiger partial charge in [-0.2, -0.15) is 0 Å². The Morgan fingerprint density at radius 3 is 2.88 bits per heavy atom. The summed E-state index contributed by atoms with van der Waals surface area (Å²) in [4.78, 5) is 17.8. The highest BCUT2D eigenvalue weighted by Crippen LogP contribution is 2.34. The minimum Gasteiger partial charge on any atom is -0.461 e. The van der Waals surface area contributed by atoms with Gasteiger partial charge in [-0.05, 0) is 30.9 Å². The first-order chi connectivity index (χ1) is 7.74. The lowest BCUT2D eigenvalue weighted by Gasteiger charge is -2.01. The second kappa shape index (κ2) is 4.76. The van der Waals surface area contributed by atoms with Crippen LogP contribution in [-0.4, -0.2) is 17.6 Å². The van der Waals surface area contributed by atoms with E-state index >= 15 is 0 Å². The molecule has 0 radical (unpaired) electrons. The standard InChI is InChI=1S/C11H11NO2S2/c1-3-14-11(13)8-10(16-6-12-8)9-7(2)4-5-15-9/h4-6H,3H2,1-2H3. The molecular formula is C11H11NO2S2. The molecule has 0 spiro atoms. The van der Waals surface area contributed by atoms with Gasteiger partial charge < -0.3 is 4.74 Å². The van der Waals surface area contributed by atoms with E-state index in [2.05, 4.69) is 4.98 Å². The van der Waals surface area contributed by atoms with Crippen LogP contribution in [0.2, 0.25) is 0 Å². The third kappa shape index (κ3) is 2.01. The second-order valence-corrected chi connectivity index (χ2v) is 4.95. The van der Waals surface area contributed by atoms with Crippen LogP contribution in [0.1, 0.15) is 23.0 Å². The van der Waals surface area contributed by atoms with Crippen LogP contribution in [0.15, 0.2) is 17.0 Å². The van der Waals surface area contributed by atoms with E-state index in [1.807, 2.05) is 18.4 Å². The van der Waals surface area contributed by atoms with Gasteiger partial charge in [0.05, 0.1) is 17.0 Å². The first kappa shape index (κ1) is 11.3. The first-order valence-corrected chi connectivity index (χ1v) is 6.65. The Morgan fingerprint density at radius 1 is 1.44 bits per heavy atom. The number of hydrogen-bond acceptors (Lipinski definition) is 5. The highest BCUT2D eigenvalue weighted by molar-refractivity contribution is 7.20. The topological polar surface area (TPSA) is 39.2 Å². The molecule has 3 nitrogen and oxygen atoms in total. The number of thiazole rings is 1. The van der Waals surface area contributed by atoms with Gasteiger partial charge in [0.1, 0.15) is 0 Å². The van der Waals surface area contributed by atoms with Crippen LogP contribution in [0, 0.1) is 6.92 Å². The van der Waals surface area contributed by atoms with E-state index in [1.54, 1.807) is 23.8 Å². The summed E-state index contributed by atoms with van der Waals surface area (Å²) in [7, 11) is 0. The molecule has 84 valence electrons. The minimum atomic E-state index is -0.341. The zero-order valence-electron chi connectivity index (χ0n) is 9.02. The molecule has 0 atom stereocenters. The fourth-order valence-electron chi connectivity index (χ4n) is 1.36. The number of carbonyl (C=O) groups is 1. The number of aryl methyl sites for hydroxylation is 1. The molecule has 0 aromatic carbocycles. The van der Waals surface area contributed by atoms with Crippen molar-refractivity contribution in [3.8, 4) is 9.75 Å². The van der Waals surface area contributed by atoms with Gasteiger partial charge in [0.25, 0.3) is 0 Å². The van der Waals surface area contributed by atoms with Gasteiger partial charge in [0.2, 0.25) is 0 Å². The SMILES string of the molecule is CCOC(=O)c1ncsc1-c1sccc1C. The summed E-state index contributed by atoms with van der Waals surface area (Å²) in [6.45, 7) is 4.19. The van der Waals surface area contributed by atoms with Crippen LogP contribution in [0.4, 0.5) is 0 Å². The molecule has 2 heterocycles. The Morgan fingerprint density at radius 2 is 2.25 bits per heavy atom. The van der Waals surface area contributed by atoms with Crippen LogP contribution in [0.3, 0.4) is 0 Å². The average Bonchev–Trinajstić information content (AvgIpc) is 2.85. The summed E-state index contributed by atoms with van der Waals surface area (Å²) in [5.74, 6) is -0.341. The molecule has 5 heteroatoms. The van der Waals surface area contributed by atoms with Gasteiger partial charge in [-0.15, -0.1) is 22.7 Å². The van der Waals surface area contributed by atoms with Crippen molar-refractivity contribution in [3.05, 3.63) is 28.2 Å². The Bertz CT molecular complexity index is 502. The number of carbonyl (C=O) groups excluding carboxylic acids is 1. The van der Waals surface area contributed by atoms with Gasteiger partial charge in [-0.25, -0.2) is 9.78 Å². The number of thiophene rings is 1. The molecule has 0 saturated heterocycles. The quantitative estimate of drug-likeness (QED) is 0.787. The zero-order chi connectivity index (χ0) is 11.5. The second-order valence-electron chi connectivity index (χ2n) is 3.18. The molecule has 0 aliphatic rings. The molecule has 0 amide bonds. The number of nitrogens with zero attached hydrogens (tertiary/aromatic N) is 1. The van der Waals surface area contributed by atoms with Crippen molar-refractivity contribution in [2.24, 2.45) is 0 Å². The van der Waals surface area contributed by atoms with E-state index < -0.39 is 0 Å². The number of ether oxygens (including phenoxy) is 1. The van der Waals surface area contributed by atoms with Crippen LogP contribution in [0.5, 0.6) is 0 Å². The summed E-state index contributed by atoms with van der Waals surface area (Å²) in [5.41, 5.74) is 3.28. The van der Waals surface area contributed by atoms with E-state index in [4.69, 9.17) is 4.74 Å². The normalized spacial score (nSPS) is 10.4. The van der Waals surface area contributed by atoms with Gasteiger partial charge in [-0.1, -0.05) is 0 Å². The van der Waals surface area contributed by atoms with Crippen LogP contribution < -0.4 is 0 Å². The maximum Gasteiger partial charge on any atom is 0.358 e. The molecule has 0 bridgehead atoms. The molecule has 0 N–H and O–H groups in total. The molecular weight excluding hydrogens is 242 g/mol. The van der Waals surface area contributed by atoms with Gasteiger partial charge in [0.15, 0.2) is 5.69 Å². The maximum atomic E-state index is 11.7. The first-order valence-electron chi connectivity index (χ1n) is 4.89. The van der Waals surface area contributed by atoms with Crippen LogP contribution in [0.25, 0.3) is 9.75 Å². The molecule has 2 aromatic heterocycles. The summed E-state index contributed by atoms with van der Waals surface area (Å²) in [5, 5.41) is 2.01. The monoisotopic (exact) mass is 253 g/mol. The van der Waals surface area contributed by atoms with Gasteiger partial charge >= 0.3 is 5.97 Å². The Hall–Kier alpha value is -1.20. The van der Waals surface area contributed by atoms with Crippen molar-refractivity contribution >= 4 is 28.6 Å². The third-order valence-corrected chi connectivity index (χ3v) is 4.11. The highest BCUT2D eigenvalue weighted by Gasteiger charge is 2.19. The van der Waals surface area contributed by atoms with E-state index in [-0.39, 0.29) is 5.97 Å². The molecule has 2 aromatic rings. The Labute approximate surface area is 102 Å². The molecule has 0 fully saturated rings. The molecule has 0 saturated carbocycles. The van der Waals surface area contributed by atoms with Crippen molar-refractivity contribution in [1.29, 1.82) is 0 Å². The van der Waals surface area contributed by atoms with Crippen molar-refractivity contribution in [2.75, 3.05) is 6.61 Å². The number of esters is 1. The molecule has 2 rings (SSSR count). The Balaban J connectivity index is 2.40. The van der Waals surface area contributed by atoms with Gasteiger partial charge in [0, 0.05) is 4.88 Å². The zero-order valence-corrected chi connectivity index (χ0v) is 10.7. The van der Waals surface area contributed by atoms with E-state index in [1.165, 1.54) is 16.9 Å². The van der Waals surface area contributed by atoms with Crippen LogP contribution >= 0.6 is 22.7 Å². The largest absolute Gasteiger partial charge is 0.461 e. The molecule has 0 unspecified atom stereocenters. The lowest BCUT2D eigenvalue weighted by Crippen LogP contribution is -2.06. The van der Waals surface area contributed by atoms with E-state index in [9.17, 15) is 4.79 Å². The number of aromatic nitrogens is 1.